The van der Waals surface area contributed by atoms with E-state index in [4.69, 9.17) is 10.5 Å². The lowest BCUT2D eigenvalue weighted by molar-refractivity contribution is 0.0284. The zero-order valence-corrected chi connectivity index (χ0v) is 13.7. The molecule has 2 rings (SSSR count). The Kier molecular flexibility index (Phi) is 4.02. The zero-order chi connectivity index (χ0) is 15.8. The van der Waals surface area contributed by atoms with Gasteiger partial charge in [0, 0.05) is 13.1 Å². The average molecular weight is 290 g/mol. The fourth-order valence-corrected chi connectivity index (χ4v) is 2.83. The Morgan fingerprint density at radius 2 is 2.00 bits per heavy atom. The molecule has 1 saturated heterocycles. The number of aryl methyl sites for hydroxylation is 1. The van der Waals surface area contributed by atoms with Crippen LogP contribution in [0.3, 0.4) is 0 Å². The van der Waals surface area contributed by atoms with E-state index in [9.17, 15) is 4.79 Å². The van der Waals surface area contributed by atoms with Crippen LogP contribution in [0.25, 0.3) is 0 Å². The van der Waals surface area contributed by atoms with Crippen molar-refractivity contribution in [2.75, 3.05) is 13.1 Å². The standard InChI is InChI=1S/C17H26N2O2/c1-12-7-6-8-14(13(12)2)17(18)9-10-19(11-17)15(20)21-16(3,4)5/h6-8H,9-11,18H2,1-5H3. The highest BCUT2D eigenvalue weighted by Crippen LogP contribution is 2.33. The number of nitrogens with two attached hydrogens (primary N) is 1. The summed E-state index contributed by atoms with van der Waals surface area (Å²) in [4.78, 5) is 13.9. The van der Waals surface area contributed by atoms with E-state index in [1.54, 1.807) is 4.90 Å². The van der Waals surface area contributed by atoms with E-state index in [1.165, 1.54) is 11.1 Å². The summed E-state index contributed by atoms with van der Waals surface area (Å²) >= 11 is 0. The minimum absolute atomic E-state index is 0.278. The van der Waals surface area contributed by atoms with Crippen LogP contribution < -0.4 is 5.73 Å². The molecule has 1 atom stereocenters. The molecular formula is C17H26N2O2. The van der Waals surface area contributed by atoms with Crippen molar-refractivity contribution in [1.29, 1.82) is 0 Å². The molecule has 0 bridgehead atoms. The lowest BCUT2D eigenvalue weighted by Gasteiger charge is -2.28. The number of carbonyl (C=O) groups excluding carboxylic acids is 1. The third-order valence-electron chi connectivity index (χ3n) is 4.09. The molecule has 1 aromatic carbocycles. The fourth-order valence-electron chi connectivity index (χ4n) is 2.83. The van der Waals surface area contributed by atoms with Gasteiger partial charge in [0.1, 0.15) is 5.60 Å². The summed E-state index contributed by atoms with van der Waals surface area (Å²) in [7, 11) is 0. The van der Waals surface area contributed by atoms with Crippen LogP contribution in [0.5, 0.6) is 0 Å². The van der Waals surface area contributed by atoms with Gasteiger partial charge in [-0.3, -0.25) is 0 Å². The molecule has 116 valence electrons. The third kappa shape index (κ3) is 3.38. The van der Waals surface area contributed by atoms with E-state index in [0.29, 0.717) is 13.1 Å². The van der Waals surface area contributed by atoms with Crippen molar-refractivity contribution in [2.45, 2.75) is 52.2 Å². The normalized spacial score (nSPS) is 22.5. The maximum absolute atomic E-state index is 12.2. The first-order chi connectivity index (χ1) is 9.62. The lowest BCUT2D eigenvalue weighted by Crippen LogP contribution is -2.43. The molecule has 1 unspecified atom stereocenters. The molecule has 0 spiro atoms. The van der Waals surface area contributed by atoms with Gasteiger partial charge in [0.05, 0.1) is 5.54 Å². The van der Waals surface area contributed by atoms with Crippen LogP contribution in [0.4, 0.5) is 4.79 Å². The van der Waals surface area contributed by atoms with Gasteiger partial charge >= 0.3 is 6.09 Å². The molecular weight excluding hydrogens is 264 g/mol. The number of nitrogens with zero attached hydrogens (tertiary/aromatic N) is 1. The molecule has 1 aromatic rings. The van der Waals surface area contributed by atoms with E-state index in [-0.39, 0.29) is 6.09 Å². The highest BCUT2D eigenvalue weighted by atomic mass is 16.6. The molecule has 0 aliphatic carbocycles. The Balaban J connectivity index is 2.17. The Hall–Kier alpha value is -1.55. The predicted molar refractivity (Wildman–Crippen MR) is 84.2 cm³/mol. The SMILES string of the molecule is Cc1cccc(C2(N)CCN(C(=O)OC(C)(C)C)C2)c1C. The summed E-state index contributed by atoms with van der Waals surface area (Å²) in [5.41, 5.74) is 9.21. The second-order valence-electron chi connectivity index (χ2n) is 7.06. The maximum atomic E-state index is 12.2. The second kappa shape index (κ2) is 5.34. The van der Waals surface area contributed by atoms with E-state index in [2.05, 4.69) is 26.0 Å². The van der Waals surface area contributed by atoms with E-state index >= 15 is 0 Å². The molecule has 1 aliphatic rings. The van der Waals surface area contributed by atoms with Crippen LogP contribution >= 0.6 is 0 Å². The summed E-state index contributed by atoms with van der Waals surface area (Å²) in [6.45, 7) is 11.0. The maximum Gasteiger partial charge on any atom is 0.410 e. The minimum Gasteiger partial charge on any atom is -0.444 e. The Labute approximate surface area is 127 Å². The van der Waals surface area contributed by atoms with Crippen LogP contribution in [-0.4, -0.2) is 29.7 Å². The zero-order valence-electron chi connectivity index (χ0n) is 13.7. The molecule has 0 radical (unpaired) electrons. The number of amides is 1. The molecule has 0 aromatic heterocycles. The first-order valence-electron chi connectivity index (χ1n) is 7.46. The first-order valence-corrected chi connectivity index (χ1v) is 7.46. The van der Waals surface area contributed by atoms with Crippen molar-refractivity contribution in [2.24, 2.45) is 5.73 Å². The smallest absolute Gasteiger partial charge is 0.410 e. The van der Waals surface area contributed by atoms with E-state index in [1.807, 2.05) is 26.8 Å². The van der Waals surface area contributed by atoms with Crippen molar-refractivity contribution >= 4 is 6.09 Å². The van der Waals surface area contributed by atoms with Gasteiger partial charge in [-0.2, -0.15) is 0 Å². The van der Waals surface area contributed by atoms with Crippen molar-refractivity contribution in [3.8, 4) is 0 Å². The number of hydrogen-bond donors (Lipinski definition) is 1. The monoisotopic (exact) mass is 290 g/mol. The highest BCUT2D eigenvalue weighted by molar-refractivity contribution is 5.69. The Morgan fingerprint density at radius 3 is 2.62 bits per heavy atom. The van der Waals surface area contributed by atoms with Crippen LogP contribution in [0.15, 0.2) is 18.2 Å². The van der Waals surface area contributed by atoms with Crippen LogP contribution in [-0.2, 0) is 10.3 Å². The molecule has 2 N–H and O–H groups in total. The Bertz CT molecular complexity index is 548. The largest absolute Gasteiger partial charge is 0.444 e. The van der Waals surface area contributed by atoms with Crippen LogP contribution in [0, 0.1) is 13.8 Å². The number of benzene rings is 1. The van der Waals surface area contributed by atoms with Gasteiger partial charge in [-0.05, 0) is 57.7 Å². The van der Waals surface area contributed by atoms with Crippen LogP contribution in [0.2, 0.25) is 0 Å². The molecule has 1 aliphatic heterocycles. The number of rotatable bonds is 1. The number of carbonyl (C=O) groups is 1. The van der Waals surface area contributed by atoms with Gasteiger partial charge in [-0.15, -0.1) is 0 Å². The summed E-state index contributed by atoms with van der Waals surface area (Å²) in [6, 6.07) is 6.19. The molecule has 1 fully saturated rings. The number of ether oxygens (including phenoxy) is 1. The average Bonchev–Trinajstić information content (AvgIpc) is 2.74. The van der Waals surface area contributed by atoms with E-state index in [0.717, 1.165) is 12.0 Å². The van der Waals surface area contributed by atoms with Crippen molar-refractivity contribution in [1.82, 2.24) is 4.90 Å². The highest BCUT2D eigenvalue weighted by Gasteiger charge is 2.40. The van der Waals surface area contributed by atoms with Crippen LogP contribution in [0.1, 0.15) is 43.9 Å². The van der Waals surface area contributed by atoms with Gasteiger partial charge in [-0.1, -0.05) is 18.2 Å². The van der Waals surface area contributed by atoms with Crippen molar-refractivity contribution in [3.05, 3.63) is 34.9 Å². The lowest BCUT2D eigenvalue weighted by atomic mass is 9.85. The van der Waals surface area contributed by atoms with Gasteiger partial charge in [0.25, 0.3) is 0 Å². The summed E-state index contributed by atoms with van der Waals surface area (Å²) in [6.07, 6.45) is 0.483. The molecule has 4 nitrogen and oxygen atoms in total. The molecule has 0 saturated carbocycles. The third-order valence-corrected chi connectivity index (χ3v) is 4.09. The van der Waals surface area contributed by atoms with E-state index < -0.39 is 11.1 Å². The summed E-state index contributed by atoms with van der Waals surface area (Å²) in [5.74, 6) is 0. The fraction of sp³-hybridized carbons (Fsp3) is 0.588. The topological polar surface area (TPSA) is 55.6 Å². The van der Waals surface area contributed by atoms with Crippen molar-refractivity contribution < 1.29 is 9.53 Å². The second-order valence-corrected chi connectivity index (χ2v) is 7.06. The number of likely N-dealkylation sites (tertiary alicyclic amines) is 1. The first kappa shape index (κ1) is 15.8. The predicted octanol–water partition coefficient (Wildman–Crippen LogP) is 3.10. The molecule has 4 heteroatoms. The molecule has 1 heterocycles. The minimum atomic E-state index is -0.479. The summed E-state index contributed by atoms with van der Waals surface area (Å²) in [5, 5.41) is 0. The number of hydrogen-bond acceptors (Lipinski definition) is 3. The molecule has 21 heavy (non-hydrogen) atoms. The van der Waals surface area contributed by atoms with Gasteiger partial charge < -0.3 is 15.4 Å². The van der Waals surface area contributed by atoms with Gasteiger partial charge in [0.2, 0.25) is 0 Å². The van der Waals surface area contributed by atoms with Gasteiger partial charge in [-0.25, -0.2) is 4.79 Å². The Morgan fingerprint density at radius 1 is 1.33 bits per heavy atom. The summed E-state index contributed by atoms with van der Waals surface area (Å²) < 4.78 is 5.44. The molecule has 1 amide bonds. The van der Waals surface area contributed by atoms with Gasteiger partial charge in [0.15, 0.2) is 0 Å². The van der Waals surface area contributed by atoms with Crippen molar-refractivity contribution in [3.63, 3.8) is 0 Å². The quantitative estimate of drug-likeness (QED) is 0.864.